The molecule has 0 aliphatic rings. The standard InChI is InChI=1S/C11H22OSi/c1-10(11(2)12)8-6-7-9-13(3,4)5/h10-12H,6,8H2,1-5H3/t10-,11+/m0/s1. The van der Waals surface area contributed by atoms with E-state index in [4.69, 9.17) is 0 Å². The van der Waals surface area contributed by atoms with E-state index in [9.17, 15) is 5.11 Å². The molecule has 0 aliphatic heterocycles. The first-order chi connectivity index (χ1) is 5.83. The number of aliphatic hydroxyl groups is 1. The fourth-order valence-corrected chi connectivity index (χ4v) is 1.52. The SMILES string of the molecule is C[C@@H](O)[C@@H](C)CCC#C[Si](C)(C)C. The summed E-state index contributed by atoms with van der Waals surface area (Å²) in [5.41, 5.74) is 3.32. The Kier molecular flexibility index (Phi) is 5.35. The summed E-state index contributed by atoms with van der Waals surface area (Å²) in [7, 11) is -1.18. The summed E-state index contributed by atoms with van der Waals surface area (Å²) < 4.78 is 0. The van der Waals surface area contributed by atoms with Gasteiger partial charge in [-0.05, 0) is 19.3 Å². The molecule has 0 bridgehead atoms. The minimum Gasteiger partial charge on any atom is -0.393 e. The summed E-state index contributed by atoms with van der Waals surface area (Å²) in [6, 6.07) is 0. The van der Waals surface area contributed by atoms with Crippen LogP contribution in [0.3, 0.4) is 0 Å². The van der Waals surface area contributed by atoms with Gasteiger partial charge in [0.25, 0.3) is 0 Å². The van der Waals surface area contributed by atoms with Gasteiger partial charge in [-0.2, -0.15) is 0 Å². The number of hydrogen-bond donors (Lipinski definition) is 1. The third kappa shape index (κ3) is 8.08. The highest BCUT2D eigenvalue weighted by atomic mass is 28.3. The third-order valence-corrected chi connectivity index (χ3v) is 2.94. The van der Waals surface area contributed by atoms with E-state index in [1.54, 1.807) is 0 Å². The summed E-state index contributed by atoms with van der Waals surface area (Å²) in [5.74, 6) is 3.58. The molecule has 0 fully saturated rings. The molecule has 1 N–H and O–H groups in total. The van der Waals surface area contributed by atoms with Crippen LogP contribution in [-0.2, 0) is 0 Å². The van der Waals surface area contributed by atoms with Crippen molar-refractivity contribution in [2.45, 2.75) is 52.4 Å². The van der Waals surface area contributed by atoms with E-state index in [-0.39, 0.29) is 6.10 Å². The first kappa shape index (κ1) is 12.7. The van der Waals surface area contributed by atoms with Crippen LogP contribution < -0.4 is 0 Å². The number of aliphatic hydroxyl groups excluding tert-OH is 1. The Balaban J connectivity index is 3.72. The van der Waals surface area contributed by atoms with Gasteiger partial charge in [-0.15, -0.1) is 11.5 Å². The zero-order chi connectivity index (χ0) is 10.5. The van der Waals surface area contributed by atoms with Gasteiger partial charge < -0.3 is 5.11 Å². The van der Waals surface area contributed by atoms with E-state index >= 15 is 0 Å². The van der Waals surface area contributed by atoms with Gasteiger partial charge in [0.1, 0.15) is 8.07 Å². The molecular formula is C11H22OSi. The molecule has 2 heteroatoms. The van der Waals surface area contributed by atoms with Gasteiger partial charge in [0.2, 0.25) is 0 Å². The van der Waals surface area contributed by atoms with Gasteiger partial charge in [-0.25, -0.2) is 0 Å². The predicted octanol–water partition coefficient (Wildman–Crippen LogP) is 2.66. The molecule has 0 aromatic carbocycles. The van der Waals surface area contributed by atoms with Gasteiger partial charge in [0.15, 0.2) is 0 Å². The van der Waals surface area contributed by atoms with Crippen LogP contribution in [0.15, 0.2) is 0 Å². The fraction of sp³-hybridized carbons (Fsp3) is 0.818. The van der Waals surface area contributed by atoms with Crippen molar-refractivity contribution in [2.75, 3.05) is 0 Å². The van der Waals surface area contributed by atoms with Crippen LogP contribution in [-0.4, -0.2) is 19.3 Å². The van der Waals surface area contributed by atoms with Gasteiger partial charge >= 0.3 is 0 Å². The molecule has 0 rings (SSSR count). The Morgan fingerprint density at radius 3 is 2.15 bits per heavy atom. The first-order valence-electron chi connectivity index (χ1n) is 5.01. The Hall–Kier alpha value is -0.263. The van der Waals surface area contributed by atoms with Crippen molar-refractivity contribution >= 4 is 8.07 Å². The van der Waals surface area contributed by atoms with Crippen LogP contribution >= 0.6 is 0 Å². The second-order valence-corrected chi connectivity index (χ2v) is 9.56. The molecule has 0 aromatic heterocycles. The molecule has 0 heterocycles. The van der Waals surface area contributed by atoms with E-state index < -0.39 is 8.07 Å². The maximum atomic E-state index is 9.24. The van der Waals surface area contributed by atoms with Crippen LogP contribution in [0.2, 0.25) is 19.6 Å². The molecule has 2 atom stereocenters. The van der Waals surface area contributed by atoms with E-state index in [0.29, 0.717) is 5.92 Å². The van der Waals surface area contributed by atoms with Crippen LogP contribution in [0.4, 0.5) is 0 Å². The number of rotatable bonds is 3. The highest BCUT2D eigenvalue weighted by Gasteiger charge is 2.08. The highest BCUT2D eigenvalue weighted by molar-refractivity contribution is 6.83. The van der Waals surface area contributed by atoms with E-state index in [2.05, 4.69) is 38.0 Å². The van der Waals surface area contributed by atoms with Gasteiger partial charge in [0.05, 0.1) is 6.10 Å². The van der Waals surface area contributed by atoms with Crippen molar-refractivity contribution in [3.8, 4) is 11.5 Å². The second kappa shape index (κ2) is 5.46. The smallest absolute Gasteiger partial charge is 0.129 e. The molecule has 0 aliphatic carbocycles. The monoisotopic (exact) mass is 198 g/mol. The Labute approximate surface area is 83.6 Å². The Morgan fingerprint density at radius 2 is 1.77 bits per heavy atom. The van der Waals surface area contributed by atoms with Crippen molar-refractivity contribution in [1.82, 2.24) is 0 Å². The lowest BCUT2D eigenvalue weighted by molar-refractivity contribution is 0.131. The molecule has 0 spiro atoms. The first-order valence-corrected chi connectivity index (χ1v) is 8.51. The summed E-state index contributed by atoms with van der Waals surface area (Å²) in [5, 5.41) is 9.24. The normalized spacial score (nSPS) is 15.8. The minimum absolute atomic E-state index is 0.200. The van der Waals surface area contributed by atoms with Crippen molar-refractivity contribution in [3.05, 3.63) is 0 Å². The van der Waals surface area contributed by atoms with Gasteiger partial charge in [-0.1, -0.05) is 26.6 Å². The second-order valence-electron chi connectivity index (χ2n) is 4.81. The molecular weight excluding hydrogens is 176 g/mol. The quantitative estimate of drug-likeness (QED) is 0.546. The molecule has 0 radical (unpaired) electrons. The third-order valence-electron chi connectivity index (χ3n) is 2.01. The van der Waals surface area contributed by atoms with E-state index in [0.717, 1.165) is 12.8 Å². The Bertz CT molecular complexity index is 192. The molecule has 13 heavy (non-hydrogen) atoms. The van der Waals surface area contributed by atoms with E-state index in [1.165, 1.54) is 0 Å². The molecule has 76 valence electrons. The lowest BCUT2D eigenvalue weighted by Crippen LogP contribution is -2.16. The summed E-state index contributed by atoms with van der Waals surface area (Å²) in [6.07, 6.45) is 1.74. The zero-order valence-corrected chi connectivity index (χ0v) is 10.5. The lowest BCUT2D eigenvalue weighted by atomic mass is 10.0. The highest BCUT2D eigenvalue weighted by Crippen LogP contribution is 2.09. The van der Waals surface area contributed by atoms with Crippen molar-refractivity contribution < 1.29 is 5.11 Å². The predicted molar refractivity (Wildman–Crippen MR) is 61.2 cm³/mol. The van der Waals surface area contributed by atoms with Crippen LogP contribution in [0.25, 0.3) is 0 Å². The van der Waals surface area contributed by atoms with Crippen LogP contribution in [0.1, 0.15) is 26.7 Å². The molecule has 0 unspecified atom stereocenters. The lowest BCUT2D eigenvalue weighted by Gasteiger charge is -2.12. The fourth-order valence-electron chi connectivity index (χ4n) is 0.869. The summed E-state index contributed by atoms with van der Waals surface area (Å²) >= 11 is 0. The average Bonchev–Trinajstić information content (AvgIpc) is 1.95. The summed E-state index contributed by atoms with van der Waals surface area (Å²) in [6.45, 7) is 10.7. The van der Waals surface area contributed by atoms with Gasteiger partial charge in [0, 0.05) is 6.42 Å². The minimum atomic E-state index is -1.18. The van der Waals surface area contributed by atoms with Crippen LogP contribution in [0.5, 0.6) is 0 Å². The van der Waals surface area contributed by atoms with Crippen molar-refractivity contribution in [1.29, 1.82) is 0 Å². The molecule has 1 nitrogen and oxygen atoms in total. The topological polar surface area (TPSA) is 20.2 Å². The van der Waals surface area contributed by atoms with Crippen LogP contribution in [0, 0.1) is 17.4 Å². The van der Waals surface area contributed by atoms with Crippen molar-refractivity contribution in [2.24, 2.45) is 5.92 Å². The molecule has 0 amide bonds. The maximum Gasteiger partial charge on any atom is 0.129 e. The molecule has 0 saturated heterocycles. The van der Waals surface area contributed by atoms with Gasteiger partial charge in [-0.3, -0.25) is 0 Å². The summed E-state index contributed by atoms with van der Waals surface area (Å²) in [4.78, 5) is 0. The molecule has 0 aromatic rings. The number of hydrogen-bond acceptors (Lipinski definition) is 1. The van der Waals surface area contributed by atoms with Crippen molar-refractivity contribution in [3.63, 3.8) is 0 Å². The zero-order valence-electron chi connectivity index (χ0n) is 9.52. The Morgan fingerprint density at radius 1 is 1.23 bits per heavy atom. The average molecular weight is 198 g/mol. The maximum absolute atomic E-state index is 9.24. The van der Waals surface area contributed by atoms with E-state index in [1.807, 2.05) is 6.92 Å². The molecule has 0 saturated carbocycles. The largest absolute Gasteiger partial charge is 0.393 e.